The predicted octanol–water partition coefficient (Wildman–Crippen LogP) is 1.61. The second-order valence-corrected chi connectivity index (χ2v) is 1.99. The molecule has 1 aromatic rings. The molecule has 0 aliphatic heterocycles. The Morgan fingerprint density at radius 1 is 1.73 bits per heavy atom. The second-order valence-electron chi connectivity index (χ2n) is 1.99. The van der Waals surface area contributed by atoms with Crippen LogP contribution in [0.5, 0.6) is 0 Å². The van der Waals surface area contributed by atoms with Crippen molar-refractivity contribution < 1.29 is 4.79 Å². The molecule has 0 fully saturated rings. The van der Waals surface area contributed by atoms with Gasteiger partial charge in [0, 0.05) is 5.69 Å². The molecule has 2 heteroatoms. The summed E-state index contributed by atoms with van der Waals surface area (Å²) < 4.78 is 0. The van der Waals surface area contributed by atoms with Gasteiger partial charge < -0.3 is 5.32 Å². The lowest BCUT2D eigenvalue weighted by atomic mass is 10.3. The Labute approximate surface area is 65.5 Å². The molecule has 0 spiro atoms. The Hall–Kier alpha value is -1.57. The first kappa shape index (κ1) is 7.54. The summed E-state index contributed by atoms with van der Waals surface area (Å²) in [5.41, 5.74) is 0.734. The van der Waals surface area contributed by atoms with E-state index in [4.69, 9.17) is 0 Å². The molecule has 55 valence electrons. The van der Waals surface area contributed by atoms with Crippen molar-refractivity contribution in [1.29, 1.82) is 0 Å². The van der Waals surface area contributed by atoms with Crippen molar-refractivity contribution in [2.24, 2.45) is 0 Å². The first-order valence-electron chi connectivity index (χ1n) is 3.22. The molecule has 2 nitrogen and oxygen atoms in total. The number of hydrogen-bond acceptors (Lipinski definition) is 1. The van der Waals surface area contributed by atoms with E-state index in [0.717, 1.165) is 5.69 Å². The van der Waals surface area contributed by atoms with Gasteiger partial charge in [-0.15, -0.1) is 0 Å². The van der Waals surface area contributed by atoms with E-state index in [-0.39, 0.29) is 5.91 Å². The molecular formula is C9H8NO. The molecule has 0 unspecified atom stereocenters. The maximum absolute atomic E-state index is 10.7. The highest BCUT2D eigenvalue weighted by Crippen LogP contribution is 2.03. The normalized spacial score (nSPS) is 8.73. The van der Waals surface area contributed by atoms with Crippen LogP contribution in [0.2, 0.25) is 0 Å². The molecule has 0 aliphatic rings. The molecule has 0 atom stereocenters. The predicted molar refractivity (Wildman–Crippen MR) is 44.1 cm³/mol. The Morgan fingerprint density at radius 3 is 3.09 bits per heavy atom. The van der Waals surface area contributed by atoms with Gasteiger partial charge in [0.05, 0.1) is 0 Å². The molecule has 1 rings (SSSR count). The first-order chi connectivity index (χ1) is 5.33. The van der Waals surface area contributed by atoms with E-state index >= 15 is 0 Å². The van der Waals surface area contributed by atoms with Crippen molar-refractivity contribution in [3.8, 4) is 0 Å². The SMILES string of the molecule is C=CC(=O)Nc1c[c]ccc1. The fourth-order valence-electron chi connectivity index (χ4n) is 0.664. The zero-order valence-electron chi connectivity index (χ0n) is 6.00. The zero-order valence-corrected chi connectivity index (χ0v) is 6.00. The van der Waals surface area contributed by atoms with Crippen LogP contribution < -0.4 is 5.32 Å². The largest absolute Gasteiger partial charge is 0.323 e. The second kappa shape index (κ2) is 3.56. The summed E-state index contributed by atoms with van der Waals surface area (Å²) in [4.78, 5) is 10.7. The minimum atomic E-state index is -0.204. The summed E-state index contributed by atoms with van der Waals surface area (Å²) in [5, 5.41) is 2.60. The lowest BCUT2D eigenvalue weighted by Gasteiger charge is -1.98. The molecule has 0 saturated heterocycles. The summed E-state index contributed by atoms with van der Waals surface area (Å²) in [5.74, 6) is -0.204. The Bertz CT molecular complexity index is 254. The number of amides is 1. The summed E-state index contributed by atoms with van der Waals surface area (Å²) in [6.45, 7) is 3.33. The number of carbonyl (C=O) groups excluding carboxylic acids is 1. The van der Waals surface area contributed by atoms with Gasteiger partial charge in [-0.1, -0.05) is 18.7 Å². The number of hydrogen-bond donors (Lipinski definition) is 1. The number of rotatable bonds is 2. The molecule has 0 bridgehead atoms. The number of benzene rings is 1. The lowest BCUT2D eigenvalue weighted by Crippen LogP contribution is -2.06. The quantitative estimate of drug-likeness (QED) is 0.631. The summed E-state index contributed by atoms with van der Waals surface area (Å²) in [6.07, 6.45) is 1.23. The molecule has 0 aliphatic carbocycles. The zero-order chi connectivity index (χ0) is 8.10. The van der Waals surface area contributed by atoms with Gasteiger partial charge in [0.15, 0.2) is 0 Å². The van der Waals surface area contributed by atoms with E-state index in [9.17, 15) is 4.79 Å². The average Bonchev–Trinajstić information content (AvgIpc) is 2.06. The summed E-state index contributed by atoms with van der Waals surface area (Å²) >= 11 is 0. The van der Waals surface area contributed by atoms with Crippen molar-refractivity contribution in [3.63, 3.8) is 0 Å². The minimum absolute atomic E-state index is 0.204. The first-order valence-corrected chi connectivity index (χ1v) is 3.22. The third-order valence-electron chi connectivity index (χ3n) is 1.16. The summed E-state index contributed by atoms with van der Waals surface area (Å²) in [6, 6.07) is 9.90. The van der Waals surface area contributed by atoms with E-state index in [1.54, 1.807) is 24.3 Å². The highest BCUT2D eigenvalue weighted by Gasteiger charge is 1.92. The molecule has 1 N–H and O–H groups in total. The van der Waals surface area contributed by atoms with Crippen molar-refractivity contribution in [3.05, 3.63) is 43.0 Å². The van der Waals surface area contributed by atoms with E-state index in [2.05, 4.69) is 18.0 Å². The lowest BCUT2D eigenvalue weighted by molar-refractivity contribution is -0.111. The van der Waals surface area contributed by atoms with Gasteiger partial charge in [-0.3, -0.25) is 4.79 Å². The highest BCUT2D eigenvalue weighted by atomic mass is 16.1. The number of carbonyl (C=O) groups is 1. The monoisotopic (exact) mass is 146 g/mol. The van der Waals surface area contributed by atoms with Crippen LogP contribution in [-0.4, -0.2) is 5.91 Å². The Balaban J connectivity index is 2.65. The van der Waals surface area contributed by atoms with Gasteiger partial charge in [0.2, 0.25) is 5.91 Å². The minimum Gasteiger partial charge on any atom is -0.323 e. The van der Waals surface area contributed by atoms with Gasteiger partial charge in [0.25, 0.3) is 0 Å². The molecule has 11 heavy (non-hydrogen) atoms. The standard InChI is InChI=1S/C9H8NO/c1-2-9(11)10-8-6-4-3-5-7-8/h2-4,6-7H,1H2,(H,10,11). The van der Waals surface area contributed by atoms with E-state index in [0.29, 0.717) is 0 Å². The van der Waals surface area contributed by atoms with E-state index in [1.807, 2.05) is 0 Å². The van der Waals surface area contributed by atoms with Crippen LogP contribution in [0.15, 0.2) is 36.9 Å². The van der Waals surface area contributed by atoms with Crippen LogP contribution in [0.25, 0.3) is 0 Å². The van der Waals surface area contributed by atoms with Crippen LogP contribution in [-0.2, 0) is 4.79 Å². The topological polar surface area (TPSA) is 29.1 Å². The molecule has 0 aromatic heterocycles. The van der Waals surface area contributed by atoms with Crippen LogP contribution in [0.3, 0.4) is 0 Å². The van der Waals surface area contributed by atoms with Gasteiger partial charge in [-0.05, 0) is 24.3 Å². The number of anilines is 1. The van der Waals surface area contributed by atoms with Crippen LogP contribution in [0.4, 0.5) is 5.69 Å². The van der Waals surface area contributed by atoms with Gasteiger partial charge in [-0.2, -0.15) is 0 Å². The molecule has 0 heterocycles. The third kappa shape index (κ3) is 2.26. The summed E-state index contributed by atoms with van der Waals surface area (Å²) in [7, 11) is 0. The van der Waals surface area contributed by atoms with Crippen molar-refractivity contribution >= 4 is 11.6 Å². The maximum Gasteiger partial charge on any atom is 0.247 e. The molecule has 1 aromatic carbocycles. The number of nitrogens with one attached hydrogen (secondary N) is 1. The Morgan fingerprint density at radius 2 is 2.55 bits per heavy atom. The van der Waals surface area contributed by atoms with Crippen molar-refractivity contribution in [1.82, 2.24) is 0 Å². The molecule has 1 amide bonds. The molecule has 0 saturated carbocycles. The maximum atomic E-state index is 10.7. The van der Waals surface area contributed by atoms with E-state index in [1.165, 1.54) is 6.08 Å². The van der Waals surface area contributed by atoms with Gasteiger partial charge in [-0.25, -0.2) is 0 Å². The Kier molecular flexibility index (Phi) is 2.44. The van der Waals surface area contributed by atoms with Gasteiger partial charge >= 0.3 is 0 Å². The smallest absolute Gasteiger partial charge is 0.247 e. The molecular weight excluding hydrogens is 138 g/mol. The average molecular weight is 146 g/mol. The molecule has 1 radical (unpaired) electrons. The highest BCUT2D eigenvalue weighted by molar-refractivity contribution is 5.98. The van der Waals surface area contributed by atoms with Crippen molar-refractivity contribution in [2.45, 2.75) is 0 Å². The van der Waals surface area contributed by atoms with Gasteiger partial charge in [0.1, 0.15) is 0 Å². The fraction of sp³-hybridized carbons (Fsp3) is 0. The fourth-order valence-corrected chi connectivity index (χ4v) is 0.664. The van der Waals surface area contributed by atoms with Crippen LogP contribution >= 0.6 is 0 Å². The van der Waals surface area contributed by atoms with Crippen molar-refractivity contribution in [2.75, 3.05) is 5.32 Å². The van der Waals surface area contributed by atoms with E-state index < -0.39 is 0 Å². The van der Waals surface area contributed by atoms with Crippen LogP contribution in [0, 0.1) is 6.07 Å². The third-order valence-corrected chi connectivity index (χ3v) is 1.16. The van der Waals surface area contributed by atoms with Crippen LogP contribution in [0.1, 0.15) is 0 Å².